The van der Waals surface area contributed by atoms with Crippen LogP contribution in [0.3, 0.4) is 0 Å². The highest BCUT2D eigenvalue weighted by atomic mass is 32.2. The number of hydrogen-bond donors (Lipinski definition) is 0. The Bertz CT molecular complexity index is 481. The smallest absolute Gasteiger partial charge is 0.238 e. The molecule has 15 heavy (non-hydrogen) atoms. The zero-order valence-corrected chi connectivity index (χ0v) is 9.07. The molecule has 2 rings (SSSR count). The van der Waals surface area contributed by atoms with Gasteiger partial charge in [-0.1, -0.05) is 30.3 Å². The summed E-state index contributed by atoms with van der Waals surface area (Å²) >= 11 is 0. The van der Waals surface area contributed by atoms with Gasteiger partial charge in [-0.3, -0.25) is 4.79 Å². The molecule has 0 bridgehead atoms. The first kappa shape index (κ1) is 10.2. The van der Waals surface area contributed by atoms with Gasteiger partial charge in [-0.05, 0) is 5.56 Å². The van der Waals surface area contributed by atoms with Crippen molar-refractivity contribution in [2.24, 2.45) is 0 Å². The first-order valence-electron chi connectivity index (χ1n) is 4.54. The number of amides is 1. The Morgan fingerprint density at radius 2 is 1.87 bits per heavy atom. The summed E-state index contributed by atoms with van der Waals surface area (Å²) in [5.41, 5.74) is 0.644. The van der Waals surface area contributed by atoms with Crippen LogP contribution in [0, 0.1) is 0 Å². The van der Waals surface area contributed by atoms with E-state index >= 15 is 0 Å². The second kappa shape index (κ2) is 3.34. The minimum Gasteiger partial charge on any atom is -0.324 e. The van der Waals surface area contributed by atoms with E-state index in [4.69, 9.17) is 0 Å². The molecule has 1 unspecified atom stereocenters. The summed E-state index contributed by atoms with van der Waals surface area (Å²) < 4.78 is 23.4. The quantitative estimate of drug-likeness (QED) is 0.702. The molecule has 1 atom stereocenters. The molecule has 0 radical (unpaired) electrons. The fourth-order valence-corrected chi connectivity index (χ4v) is 3.65. The maximum absolute atomic E-state index is 11.7. The van der Waals surface area contributed by atoms with Crippen LogP contribution in [0.15, 0.2) is 30.3 Å². The zero-order valence-electron chi connectivity index (χ0n) is 8.25. The Kier molecular flexibility index (Phi) is 2.26. The summed E-state index contributed by atoms with van der Waals surface area (Å²) in [5, 5.41) is -0.814. The van der Waals surface area contributed by atoms with Gasteiger partial charge in [-0.2, -0.15) is 0 Å². The van der Waals surface area contributed by atoms with Gasteiger partial charge in [0.1, 0.15) is 5.75 Å². The second-order valence-electron chi connectivity index (χ2n) is 3.57. The lowest BCUT2D eigenvalue weighted by Gasteiger charge is -2.18. The molecule has 0 N–H and O–H groups in total. The van der Waals surface area contributed by atoms with Crippen LogP contribution in [-0.2, 0) is 14.6 Å². The van der Waals surface area contributed by atoms with E-state index in [-0.39, 0.29) is 11.7 Å². The monoisotopic (exact) mass is 225 g/mol. The predicted octanol–water partition coefficient (Wildman–Crippen LogP) is 0.572. The van der Waals surface area contributed by atoms with Gasteiger partial charge in [0, 0.05) is 7.05 Å². The largest absolute Gasteiger partial charge is 0.324 e. The van der Waals surface area contributed by atoms with E-state index in [2.05, 4.69) is 0 Å². The molecule has 0 aromatic heterocycles. The molecular weight excluding hydrogens is 214 g/mol. The van der Waals surface area contributed by atoms with E-state index < -0.39 is 15.2 Å². The maximum atomic E-state index is 11.7. The average Bonchev–Trinajstić information content (AvgIpc) is 2.37. The normalized spacial score (nSPS) is 24.5. The first-order chi connectivity index (χ1) is 7.02. The van der Waals surface area contributed by atoms with Crippen molar-refractivity contribution in [3.8, 4) is 0 Å². The van der Waals surface area contributed by atoms with E-state index in [1.54, 1.807) is 24.3 Å². The Hall–Kier alpha value is -1.36. The molecule has 1 aromatic carbocycles. The highest BCUT2D eigenvalue weighted by Crippen LogP contribution is 2.31. The van der Waals surface area contributed by atoms with E-state index in [0.717, 1.165) is 0 Å². The molecule has 5 heteroatoms. The van der Waals surface area contributed by atoms with Crippen LogP contribution in [0.1, 0.15) is 10.9 Å². The minimum absolute atomic E-state index is 0.344. The third-order valence-electron chi connectivity index (χ3n) is 2.49. The topological polar surface area (TPSA) is 54.5 Å². The summed E-state index contributed by atoms with van der Waals surface area (Å²) in [6.07, 6.45) is 0. The van der Waals surface area contributed by atoms with Gasteiger partial charge in [0.05, 0.1) is 0 Å². The van der Waals surface area contributed by atoms with Gasteiger partial charge < -0.3 is 4.90 Å². The van der Waals surface area contributed by atoms with Gasteiger partial charge >= 0.3 is 0 Å². The third kappa shape index (κ3) is 1.63. The first-order valence-corrected chi connectivity index (χ1v) is 6.26. The molecule has 1 aliphatic rings. The SMILES string of the molecule is CN1C(=O)CS(=O)(=O)C1c1ccccc1. The van der Waals surface area contributed by atoms with Crippen LogP contribution >= 0.6 is 0 Å². The van der Waals surface area contributed by atoms with E-state index in [0.29, 0.717) is 5.56 Å². The van der Waals surface area contributed by atoms with Gasteiger partial charge in [0.2, 0.25) is 5.91 Å². The van der Waals surface area contributed by atoms with Gasteiger partial charge in [0.15, 0.2) is 15.2 Å². The molecular formula is C10H11NO3S. The summed E-state index contributed by atoms with van der Waals surface area (Å²) in [7, 11) is -1.84. The highest BCUT2D eigenvalue weighted by Gasteiger charge is 2.42. The number of carbonyl (C=O) groups excluding carboxylic acids is 1. The zero-order chi connectivity index (χ0) is 11.1. The molecule has 1 aromatic rings. The molecule has 1 saturated heterocycles. The van der Waals surface area contributed by atoms with Crippen molar-refractivity contribution >= 4 is 15.7 Å². The number of rotatable bonds is 1. The Labute approximate surface area is 88.4 Å². The molecule has 4 nitrogen and oxygen atoms in total. The van der Waals surface area contributed by atoms with Crippen LogP contribution < -0.4 is 0 Å². The van der Waals surface area contributed by atoms with Gasteiger partial charge in [0.25, 0.3) is 0 Å². The van der Waals surface area contributed by atoms with Gasteiger partial charge in [-0.15, -0.1) is 0 Å². The number of benzene rings is 1. The lowest BCUT2D eigenvalue weighted by molar-refractivity contribution is -0.126. The molecule has 0 saturated carbocycles. The number of nitrogens with zero attached hydrogens (tertiary/aromatic N) is 1. The van der Waals surface area contributed by atoms with Crippen LogP contribution in [0.5, 0.6) is 0 Å². The Morgan fingerprint density at radius 1 is 1.27 bits per heavy atom. The minimum atomic E-state index is -3.36. The molecule has 0 aliphatic carbocycles. The number of carbonyl (C=O) groups is 1. The molecule has 1 aliphatic heterocycles. The molecule has 1 heterocycles. The highest BCUT2D eigenvalue weighted by molar-refractivity contribution is 7.92. The lowest BCUT2D eigenvalue weighted by Crippen LogP contribution is -2.24. The fraction of sp³-hybridized carbons (Fsp3) is 0.300. The standard InChI is InChI=1S/C10H11NO3S/c1-11-9(12)7-15(13,14)10(11)8-5-3-2-4-6-8/h2-6,10H,7H2,1H3. The van der Waals surface area contributed by atoms with Crippen LogP contribution in [0.25, 0.3) is 0 Å². The second-order valence-corrected chi connectivity index (χ2v) is 5.64. The van der Waals surface area contributed by atoms with E-state index in [1.807, 2.05) is 6.07 Å². The summed E-state index contributed by atoms with van der Waals surface area (Å²) in [6.45, 7) is 0. The summed E-state index contributed by atoms with van der Waals surface area (Å²) in [6, 6.07) is 8.78. The van der Waals surface area contributed by atoms with Crippen molar-refractivity contribution in [1.82, 2.24) is 4.90 Å². The molecule has 1 fully saturated rings. The van der Waals surface area contributed by atoms with Crippen molar-refractivity contribution in [2.75, 3.05) is 12.8 Å². The third-order valence-corrected chi connectivity index (χ3v) is 4.41. The van der Waals surface area contributed by atoms with Crippen molar-refractivity contribution < 1.29 is 13.2 Å². The lowest BCUT2D eigenvalue weighted by atomic mass is 10.2. The van der Waals surface area contributed by atoms with E-state index in [9.17, 15) is 13.2 Å². The van der Waals surface area contributed by atoms with Crippen LogP contribution in [-0.4, -0.2) is 32.0 Å². The number of hydrogen-bond acceptors (Lipinski definition) is 3. The number of sulfone groups is 1. The molecule has 1 amide bonds. The van der Waals surface area contributed by atoms with Crippen LogP contribution in [0.2, 0.25) is 0 Å². The van der Waals surface area contributed by atoms with Crippen molar-refractivity contribution in [3.05, 3.63) is 35.9 Å². The molecule has 0 spiro atoms. The van der Waals surface area contributed by atoms with Crippen molar-refractivity contribution in [3.63, 3.8) is 0 Å². The van der Waals surface area contributed by atoms with Crippen molar-refractivity contribution in [2.45, 2.75) is 5.37 Å². The summed E-state index contributed by atoms with van der Waals surface area (Å²) in [4.78, 5) is 12.6. The fourth-order valence-electron chi connectivity index (χ4n) is 1.77. The van der Waals surface area contributed by atoms with Crippen LogP contribution in [0.4, 0.5) is 0 Å². The Balaban J connectivity index is 2.49. The Morgan fingerprint density at radius 3 is 2.33 bits per heavy atom. The predicted molar refractivity (Wildman–Crippen MR) is 55.7 cm³/mol. The molecule has 80 valence electrons. The summed E-state index contributed by atoms with van der Waals surface area (Å²) in [5.74, 6) is -0.730. The maximum Gasteiger partial charge on any atom is 0.238 e. The van der Waals surface area contributed by atoms with Crippen molar-refractivity contribution in [1.29, 1.82) is 0 Å². The van der Waals surface area contributed by atoms with Gasteiger partial charge in [-0.25, -0.2) is 8.42 Å². The average molecular weight is 225 g/mol. The van der Waals surface area contributed by atoms with E-state index in [1.165, 1.54) is 11.9 Å².